The monoisotopic (exact) mass is 419 g/mol. The molecule has 0 saturated heterocycles. The van der Waals surface area contributed by atoms with Gasteiger partial charge in [0.2, 0.25) is 5.91 Å². The highest BCUT2D eigenvalue weighted by atomic mass is 35.5. The third kappa shape index (κ3) is 4.54. The van der Waals surface area contributed by atoms with Gasteiger partial charge in [-0.25, -0.2) is 0 Å². The first-order valence-electron chi connectivity index (χ1n) is 9.26. The first-order valence-corrected chi connectivity index (χ1v) is 9.64. The van der Waals surface area contributed by atoms with Crippen molar-refractivity contribution in [3.63, 3.8) is 0 Å². The summed E-state index contributed by atoms with van der Waals surface area (Å²) < 4.78 is 11.3. The Balaban J connectivity index is 1.45. The summed E-state index contributed by atoms with van der Waals surface area (Å²) in [5, 5.41) is 12.4. The van der Waals surface area contributed by atoms with Crippen molar-refractivity contribution in [2.75, 3.05) is 5.32 Å². The van der Waals surface area contributed by atoms with E-state index in [1.165, 1.54) is 6.08 Å². The topological polar surface area (TPSA) is 75.6 Å². The Morgan fingerprint density at radius 3 is 2.53 bits per heavy atom. The highest BCUT2D eigenvalue weighted by Gasteiger charge is 2.10. The number of hydrogen-bond acceptors (Lipinski definition) is 4. The summed E-state index contributed by atoms with van der Waals surface area (Å²) in [5.74, 6) is 1.95. The predicted octanol–water partition coefficient (Wildman–Crippen LogP) is 6.00. The number of aliphatic hydroxyl groups excluding tert-OH is 1. The van der Waals surface area contributed by atoms with Crippen LogP contribution in [-0.4, -0.2) is 11.0 Å². The standard InChI is InChI=1S/C24H18ClNO4/c25-21-10-6-17(14-20(21)23-12-8-19(15-27)30-23)26-24(28)13-9-18-7-11-22(29-18)16-4-2-1-3-5-16/h1-14,27H,15H2,(H,26,28)/b13-9+. The van der Waals surface area contributed by atoms with Gasteiger partial charge >= 0.3 is 0 Å². The molecule has 150 valence electrons. The van der Waals surface area contributed by atoms with E-state index in [1.54, 1.807) is 36.4 Å². The van der Waals surface area contributed by atoms with Crippen LogP contribution in [0.3, 0.4) is 0 Å². The molecule has 0 aliphatic carbocycles. The summed E-state index contributed by atoms with van der Waals surface area (Å²) in [6, 6.07) is 21.9. The number of halogens is 1. The fraction of sp³-hybridized carbons (Fsp3) is 0.0417. The van der Waals surface area contributed by atoms with Gasteiger partial charge in [0, 0.05) is 22.9 Å². The predicted molar refractivity (Wildman–Crippen MR) is 117 cm³/mol. The number of hydrogen-bond donors (Lipinski definition) is 2. The number of anilines is 1. The molecule has 2 heterocycles. The van der Waals surface area contributed by atoms with Crippen molar-refractivity contribution >= 4 is 29.3 Å². The van der Waals surface area contributed by atoms with E-state index >= 15 is 0 Å². The average molecular weight is 420 g/mol. The van der Waals surface area contributed by atoms with Crippen molar-refractivity contribution in [2.24, 2.45) is 0 Å². The molecule has 1 amide bonds. The number of nitrogens with one attached hydrogen (secondary N) is 1. The van der Waals surface area contributed by atoms with E-state index in [0.717, 1.165) is 11.3 Å². The molecule has 0 aliphatic rings. The van der Waals surface area contributed by atoms with Gasteiger partial charge in [0.05, 0.1) is 5.02 Å². The molecule has 0 radical (unpaired) electrons. The molecule has 5 nitrogen and oxygen atoms in total. The third-order valence-electron chi connectivity index (χ3n) is 4.40. The van der Waals surface area contributed by atoms with Crippen molar-refractivity contribution < 1.29 is 18.7 Å². The lowest BCUT2D eigenvalue weighted by molar-refractivity contribution is -0.111. The lowest BCUT2D eigenvalue weighted by Crippen LogP contribution is -2.07. The van der Waals surface area contributed by atoms with Crippen molar-refractivity contribution in [1.82, 2.24) is 0 Å². The van der Waals surface area contributed by atoms with E-state index in [2.05, 4.69) is 5.32 Å². The second-order valence-corrected chi connectivity index (χ2v) is 6.92. The van der Waals surface area contributed by atoms with Crippen molar-refractivity contribution in [3.05, 3.63) is 95.4 Å². The molecule has 4 rings (SSSR count). The van der Waals surface area contributed by atoms with E-state index in [-0.39, 0.29) is 12.5 Å². The number of carbonyl (C=O) groups excluding carboxylic acids is 1. The number of amides is 1. The zero-order valence-corrected chi connectivity index (χ0v) is 16.6. The average Bonchev–Trinajstić information content (AvgIpc) is 3.44. The molecule has 0 atom stereocenters. The maximum atomic E-state index is 12.3. The molecule has 2 aromatic carbocycles. The van der Waals surface area contributed by atoms with Crippen LogP contribution in [0.2, 0.25) is 5.02 Å². The van der Waals surface area contributed by atoms with Crippen LogP contribution < -0.4 is 5.32 Å². The first-order chi connectivity index (χ1) is 14.6. The van der Waals surface area contributed by atoms with Gasteiger partial charge in [-0.15, -0.1) is 0 Å². The minimum Gasteiger partial charge on any atom is -0.459 e. The van der Waals surface area contributed by atoms with E-state index in [4.69, 9.17) is 25.5 Å². The van der Waals surface area contributed by atoms with E-state index in [0.29, 0.717) is 33.6 Å². The Hall–Kier alpha value is -3.54. The number of furan rings is 2. The summed E-state index contributed by atoms with van der Waals surface area (Å²) >= 11 is 6.25. The van der Waals surface area contributed by atoms with Crippen LogP contribution >= 0.6 is 11.6 Å². The van der Waals surface area contributed by atoms with Crippen molar-refractivity contribution in [1.29, 1.82) is 0 Å². The third-order valence-corrected chi connectivity index (χ3v) is 4.73. The van der Waals surface area contributed by atoms with E-state index in [1.807, 2.05) is 42.5 Å². The normalized spacial score (nSPS) is 11.1. The van der Waals surface area contributed by atoms with Crippen molar-refractivity contribution in [2.45, 2.75) is 6.61 Å². The molecule has 0 unspecified atom stereocenters. The molecule has 0 spiro atoms. The summed E-state index contributed by atoms with van der Waals surface area (Å²) in [6.07, 6.45) is 3.01. The van der Waals surface area contributed by atoms with Gasteiger partial charge in [-0.05, 0) is 48.5 Å². The summed E-state index contributed by atoms with van der Waals surface area (Å²) in [7, 11) is 0. The van der Waals surface area contributed by atoms with Gasteiger partial charge < -0.3 is 19.3 Å². The SMILES string of the molecule is O=C(/C=C/c1ccc(-c2ccccc2)o1)Nc1ccc(Cl)c(-c2ccc(CO)o2)c1. The largest absolute Gasteiger partial charge is 0.459 e. The highest BCUT2D eigenvalue weighted by molar-refractivity contribution is 6.33. The molecule has 0 saturated carbocycles. The van der Waals surface area contributed by atoms with E-state index < -0.39 is 0 Å². The maximum absolute atomic E-state index is 12.3. The van der Waals surface area contributed by atoms with Gasteiger partial charge in [0.25, 0.3) is 0 Å². The Labute approximate surface area is 178 Å². The Bertz CT molecular complexity index is 1190. The highest BCUT2D eigenvalue weighted by Crippen LogP contribution is 2.32. The minimum atomic E-state index is -0.309. The van der Waals surface area contributed by atoms with E-state index in [9.17, 15) is 4.79 Å². The van der Waals surface area contributed by atoms with Crippen LogP contribution in [-0.2, 0) is 11.4 Å². The Kier molecular flexibility index (Phi) is 5.84. The summed E-state index contributed by atoms with van der Waals surface area (Å²) in [5.41, 5.74) is 2.16. The van der Waals surface area contributed by atoms with Gasteiger partial charge in [0.15, 0.2) is 0 Å². The zero-order chi connectivity index (χ0) is 20.9. The molecule has 0 bridgehead atoms. The fourth-order valence-electron chi connectivity index (χ4n) is 2.94. The second kappa shape index (κ2) is 8.86. The van der Waals surface area contributed by atoms with Crippen LogP contribution in [0.15, 0.2) is 87.7 Å². The maximum Gasteiger partial charge on any atom is 0.248 e. The quantitative estimate of drug-likeness (QED) is 0.375. The van der Waals surface area contributed by atoms with Crippen LogP contribution in [0, 0.1) is 0 Å². The molecule has 6 heteroatoms. The number of carbonyl (C=O) groups is 1. The van der Waals surface area contributed by atoms with Crippen molar-refractivity contribution in [3.8, 4) is 22.6 Å². The molecular formula is C24H18ClNO4. The lowest BCUT2D eigenvalue weighted by Gasteiger charge is -2.06. The summed E-state index contributed by atoms with van der Waals surface area (Å²) in [4.78, 5) is 12.3. The van der Waals surface area contributed by atoms with Crippen LogP contribution in [0.1, 0.15) is 11.5 Å². The Morgan fingerprint density at radius 2 is 1.77 bits per heavy atom. The first kappa shape index (κ1) is 19.8. The summed E-state index contributed by atoms with van der Waals surface area (Å²) in [6.45, 7) is -0.197. The minimum absolute atomic E-state index is 0.197. The molecule has 2 aromatic heterocycles. The second-order valence-electron chi connectivity index (χ2n) is 6.51. The van der Waals surface area contributed by atoms with Crippen LogP contribution in [0.5, 0.6) is 0 Å². The molecule has 0 aliphatic heterocycles. The van der Waals surface area contributed by atoms with Gasteiger partial charge in [-0.1, -0.05) is 41.9 Å². The number of rotatable bonds is 6. The fourth-order valence-corrected chi connectivity index (χ4v) is 3.15. The van der Waals surface area contributed by atoms with Gasteiger partial charge in [0.1, 0.15) is 29.6 Å². The van der Waals surface area contributed by atoms with Crippen LogP contribution in [0.25, 0.3) is 28.7 Å². The van der Waals surface area contributed by atoms with Crippen LogP contribution in [0.4, 0.5) is 5.69 Å². The lowest BCUT2D eigenvalue weighted by atomic mass is 10.1. The number of benzene rings is 2. The molecule has 0 fully saturated rings. The molecule has 4 aromatic rings. The van der Waals surface area contributed by atoms with Gasteiger partial charge in [-0.2, -0.15) is 0 Å². The number of aliphatic hydroxyl groups is 1. The molecule has 30 heavy (non-hydrogen) atoms. The zero-order valence-electron chi connectivity index (χ0n) is 15.8. The smallest absolute Gasteiger partial charge is 0.248 e. The molecule has 2 N–H and O–H groups in total. The Morgan fingerprint density at radius 1 is 0.967 bits per heavy atom. The van der Waals surface area contributed by atoms with Gasteiger partial charge in [-0.3, -0.25) is 4.79 Å². The molecular weight excluding hydrogens is 402 g/mol.